The Hall–Kier alpha value is -0.550. The minimum Gasteiger partial charge on any atom is -0.307 e. The summed E-state index contributed by atoms with van der Waals surface area (Å²) in [6.45, 7) is 0. The molecule has 0 spiro atoms. The Kier molecular flexibility index (Phi) is 3.54. The number of hydrogen-bond donors (Lipinski definition) is 1. The zero-order valence-corrected chi connectivity index (χ0v) is 10.9. The second kappa shape index (κ2) is 4.75. The number of benzene rings is 1. The molecule has 0 aromatic heterocycles. The molecular formula is C10H5Cl2NOS2. The Balaban J connectivity index is 2.32. The SMILES string of the molecule is O=C1NC(=S)S/C1=C/c1ccc(Cl)c(Cl)c1. The van der Waals surface area contributed by atoms with Gasteiger partial charge in [-0.3, -0.25) is 4.79 Å². The van der Waals surface area contributed by atoms with E-state index >= 15 is 0 Å². The molecule has 2 nitrogen and oxygen atoms in total. The molecular weight excluding hydrogens is 285 g/mol. The number of thioether (sulfide) groups is 1. The first-order chi connectivity index (χ1) is 7.56. The minimum atomic E-state index is -0.180. The van der Waals surface area contributed by atoms with E-state index in [2.05, 4.69) is 5.32 Å². The molecule has 0 bridgehead atoms. The van der Waals surface area contributed by atoms with Crippen molar-refractivity contribution in [2.75, 3.05) is 0 Å². The monoisotopic (exact) mass is 289 g/mol. The number of thiocarbonyl (C=S) groups is 1. The van der Waals surface area contributed by atoms with Crippen molar-refractivity contribution in [1.82, 2.24) is 5.32 Å². The number of nitrogens with one attached hydrogen (secondary N) is 1. The molecule has 16 heavy (non-hydrogen) atoms. The van der Waals surface area contributed by atoms with Crippen LogP contribution < -0.4 is 5.32 Å². The molecule has 82 valence electrons. The van der Waals surface area contributed by atoms with Crippen LogP contribution in [-0.2, 0) is 4.79 Å². The second-order valence-electron chi connectivity index (χ2n) is 3.03. The quantitative estimate of drug-likeness (QED) is 0.634. The van der Waals surface area contributed by atoms with Crippen molar-refractivity contribution in [2.24, 2.45) is 0 Å². The van der Waals surface area contributed by atoms with Gasteiger partial charge in [0.05, 0.1) is 15.0 Å². The largest absolute Gasteiger partial charge is 0.307 e. The fraction of sp³-hybridized carbons (Fsp3) is 0. The molecule has 1 aromatic rings. The molecule has 1 amide bonds. The van der Waals surface area contributed by atoms with Gasteiger partial charge in [-0.25, -0.2) is 0 Å². The predicted molar refractivity (Wildman–Crippen MR) is 72.8 cm³/mol. The Morgan fingerprint density at radius 3 is 2.62 bits per heavy atom. The molecule has 6 heteroatoms. The molecule has 0 radical (unpaired) electrons. The van der Waals surface area contributed by atoms with Crippen LogP contribution in [0.15, 0.2) is 23.1 Å². The smallest absolute Gasteiger partial charge is 0.263 e. The van der Waals surface area contributed by atoms with Gasteiger partial charge in [-0.05, 0) is 23.8 Å². The summed E-state index contributed by atoms with van der Waals surface area (Å²) in [7, 11) is 0. The van der Waals surface area contributed by atoms with E-state index in [1.54, 1.807) is 24.3 Å². The molecule has 1 N–H and O–H groups in total. The van der Waals surface area contributed by atoms with Crippen LogP contribution in [-0.4, -0.2) is 10.2 Å². The van der Waals surface area contributed by atoms with Gasteiger partial charge in [0.2, 0.25) is 0 Å². The summed E-state index contributed by atoms with van der Waals surface area (Å²) in [4.78, 5) is 12.0. The minimum absolute atomic E-state index is 0.180. The molecule has 1 aromatic carbocycles. The van der Waals surface area contributed by atoms with E-state index in [0.717, 1.165) is 5.56 Å². The first-order valence-electron chi connectivity index (χ1n) is 4.26. The second-order valence-corrected chi connectivity index (χ2v) is 5.56. The Bertz CT molecular complexity index is 514. The van der Waals surface area contributed by atoms with E-state index in [4.69, 9.17) is 35.4 Å². The topological polar surface area (TPSA) is 29.1 Å². The van der Waals surface area contributed by atoms with Gasteiger partial charge in [0.15, 0.2) is 0 Å². The number of rotatable bonds is 1. The van der Waals surface area contributed by atoms with Gasteiger partial charge in [0.1, 0.15) is 4.32 Å². The molecule has 1 aliphatic rings. The maximum atomic E-state index is 11.4. The van der Waals surface area contributed by atoms with Gasteiger partial charge in [0, 0.05) is 0 Å². The molecule has 1 heterocycles. The Labute approximate surface area is 112 Å². The summed E-state index contributed by atoms with van der Waals surface area (Å²) in [5, 5.41) is 3.49. The van der Waals surface area contributed by atoms with Crippen molar-refractivity contribution in [3.05, 3.63) is 38.7 Å². The number of carbonyl (C=O) groups is 1. The third kappa shape index (κ3) is 2.58. The van der Waals surface area contributed by atoms with Gasteiger partial charge >= 0.3 is 0 Å². The third-order valence-electron chi connectivity index (χ3n) is 1.88. The normalized spacial score (nSPS) is 18.0. The molecule has 1 fully saturated rings. The molecule has 0 unspecified atom stereocenters. The van der Waals surface area contributed by atoms with Crippen LogP contribution in [0.5, 0.6) is 0 Å². The van der Waals surface area contributed by atoms with Crippen LogP contribution in [0.4, 0.5) is 0 Å². The molecule has 0 saturated carbocycles. The summed E-state index contributed by atoms with van der Waals surface area (Å²) < 4.78 is 0.469. The zero-order valence-electron chi connectivity index (χ0n) is 7.79. The summed E-state index contributed by atoms with van der Waals surface area (Å²) in [6.07, 6.45) is 1.72. The van der Waals surface area contributed by atoms with Crippen molar-refractivity contribution < 1.29 is 4.79 Å². The zero-order chi connectivity index (χ0) is 11.7. The highest BCUT2D eigenvalue weighted by atomic mass is 35.5. The highest BCUT2D eigenvalue weighted by Gasteiger charge is 2.21. The molecule has 0 aliphatic carbocycles. The number of halogens is 2. The van der Waals surface area contributed by atoms with E-state index < -0.39 is 0 Å². The fourth-order valence-corrected chi connectivity index (χ4v) is 2.53. The van der Waals surface area contributed by atoms with Gasteiger partial charge in [-0.2, -0.15) is 0 Å². The third-order valence-corrected chi connectivity index (χ3v) is 3.79. The van der Waals surface area contributed by atoms with E-state index in [1.165, 1.54) is 11.8 Å². The Morgan fingerprint density at radius 1 is 1.31 bits per heavy atom. The fourth-order valence-electron chi connectivity index (χ4n) is 1.17. The number of carbonyl (C=O) groups excluding carboxylic acids is 1. The molecule has 2 rings (SSSR count). The standard InChI is InChI=1S/C10H5Cl2NOS2/c11-6-2-1-5(3-7(6)12)4-8-9(14)13-10(15)16-8/h1-4H,(H,13,14,15)/b8-4+. The van der Waals surface area contributed by atoms with Crippen LogP contribution in [0.1, 0.15) is 5.56 Å². The lowest BCUT2D eigenvalue weighted by atomic mass is 10.2. The van der Waals surface area contributed by atoms with Crippen molar-refractivity contribution in [2.45, 2.75) is 0 Å². The van der Waals surface area contributed by atoms with Crippen LogP contribution >= 0.6 is 47.2 Å². The maximum absolute atomic E-state index is 11.4. The summed E-state index contributed by atoms with van der Waals surface area (Å²) in [5.41, 5.74) is 0.816. The van der Waals surface area contributed by atoms with Gasteiger partial charge in [-0.1, -0.05) is 53.2 Å². The molecule has 1 aliphatic heterocycles. The van der Waals surface area contributed by atoms with Crippen LogP contribution in [0.3, 0.4) is 0 Å². The van der Waals surface area contributed by atoms with Crippen molar-refractivity contribution in [3.63, 3.8) is 0 Å². The van der Waals surface area contributed by atoms with Crippen molar-refractivity contribution in [1.29, 1.82) is 0 Å². The lowest BCUT2D eigenvalue weighted by molar-refractivity contribution is -0.115. The Morgan fingerprint density at radius 2 is 2.06 bits per heavy atom. The van der Waals surface area contributed by atoms with Crippen LogP contribution in [0, 0.1) is 0 Å². The summed E-state index contributed by atoms with van der Waals surface area (Å²) in [6, 6.07) is 5.18. The van der Waals surface area contributed by atoms with Crippen molar-refractivity contribution in [3.8, 4) is 0 Å². The number of hydrogen-bond acceptors (Lipinski definition) is 3. The average molecular weight is 290 g/mol. The first-order valence-corrected chi connectivity index (χ1v) is 6.24. The van der Waals surface area contributed by atoms with Crippen LogP contribution in [0.25, 0.3) is 6.08 Å². The van der Waals surface area contributed by atoms with E-state index in [0.29, 0.717) is 19.3 Å². The van der Waals surface area contributed by atoms with E-state index in [9.17, 15) is 4.79 Å². The predicted octanol–water partition coefficient (Wildman–Crippen LogP) is 3.48. The average Bonchev–Trinajstić information content (AvgIpc) is 2.51. The lowest BCUT2D eigenvalue weighted by Crippen LogP contribution is -2.17. The number of amides is 1. The van der Waals surface area contributed by atoms with Crippen molar-refractivity contribution >= 4 is 63.5 Å². The molecule has 1 saturated heterocycles. The lowest BCUT2D eigenvalue weighted by Gasteiger charge is -1.98. The maximum Gasteiger partial charge on any atom is 0.263 e. The van der Waals surface area contributed by atoms with Crippen LogP contribution in [0.2, 0.25) is 10.0 Å². The highest BCUT2D eigenvalue weighted by molar-refractivity contribution is 8.26. The van der Waals surface area contributed by atoms with Gasteiger partial charge in [0.25, 0.3) is 5.91 Å². The highest BCUT2D eigenvalue weighted by Crippen LogP contribution is 2.28. The van der Waals surface area contributed by atoms with Gasteiger partial charge in [-0.15, -0.1) is 0 Å². The van der Waals surface area contributed by atoms with Gasteiger partial charge < -0.3 is 5.32 Å². The first kappa shape index (κ1) is 11.9. The van der Waals surface area contributed by atoms with E-state index in [1.807, 2.05) is 0 Å². The summed E-state index contributed by atoms with van der Waals surface area (Å²) in [5.74, 6) is -0.180. The summed E-state index contributed by atoms with van der Waals surface area (Å²) >= 11 is 17.8. The van der Waals surface area contributed by atoms with E-state index in [-0.39, 0.29) is 5.91 Å². The molecule has 0 atom stereocenters.